The van der Waals surface area contributed by atoms with E-state index in [1.807, 2.05) is 27.7 Å². The van der Waals surface area contributed by atoms with Crippen molar-refractivity contribution in [2.24, 2.45) is 0 Å². The molecule has 0 saturated heterocycles. The predicted octanol–water partition coefficient (Wildman–Crippen LogP) is 2.80. The van der Waals surface area contributed by atoms with Gasteiger partial charge in [-0.2, -0.15) is 5.26 Å². The van der Waals surface area contributed by atoms with E-state index in [1.54, 1.807) is 0 Å². The molecule has 0 fully saturated rings. The molecule has 1 atom stereocenters. The highest BCUT2D eigenvalue weighted by Gasteiger charge is 2.11. The maximum atomic E-state index is 8.85. The lowest BCUT2D eigenvalue weighted by atomic mass is 10.2. The largest absolute Gasteiger partial charge is 0.228 e. The molecule has 1 unspecified atom stereocenters. The molecule has 1 aromatic rings. The van der Waals surface area contributed by atoms with E-state index in [9.17, 15) is 0 Å². The maximum Gasteiger partial charge on any atom is 0.189 e. The number of nitrogens with zero attached hydrogens (tertiary/aromatic N) is 3. The molecule has 0 N–H and O–H groups in total. The lowest BCUT2D eigenvalue weighted by Crippen LogP contribution is -2.02. The summed E-state index contributed by atoms with van der Waals surface area (Å²) in [6.07, 6.45) is 0.816. The second-order valence-electron chi connectivity index (χ2n) is 3.45. The number of hydrogen-bond donors (Lipinski definition) is 0. The summed E-state index contributed by atoms with van der Waals surface area (Å²) in [6.45, 7) is 7.96. The summed E-state index contributed by atoms with van der Waals surface area (Å²) in [7, 11) is 0. The van der Waals surface area contributed by atoms with Gasteiger partial charge in [-0.05, 0) is 32.8 Å². The quantitative estimate of drug-likeness (QED) is 0.581. The topological polar surface area (TPSA) is 49.6 Å². The highest BCUT2D eigenvalue weighted by atomic mass is 32.2. The van der Waals surface area contributed by atoms with Gasteiger partial charge in [-0.1, -0.05) is 18.7 Å². The standard InChI is InChI=1S/C11H15N3S/c1-5-10(6-12)15-11-13-8(3)7(2)9(4)14-11/h10H,5H2,1-4H3. The third-order valence-electron chi connectivity index (χ3n) is 2.37. The van der Waals surface area contributed by atoms with Crippen molar-refractivity contribution in [1.29, 1.82) is 5.26 Å². The smallest absolute Gasteiger partial charge is 0.189 e. The molecule has 3 nitrogen and oxygen atoms in total. The van der Waals surface area contributed by atoms with Gasteiger partial charge >= 0.3 is 0 Å². The van der Waals surface area contributed by atoms with Crippen LogP contribution in [0.2, 0.25) is 0 Å². The van der Waals surface area contributed by atoms with Gasteiger partial charge in [0.25, 0.3) is 0 Å². The Kier molecular flexibility index (Phi) is 4.10. The monoisotopic (exact) mass is 221 g/mol. The van der Waals surface area contributed by atoms with Crippen molar-refractivity contribution in [2.75, 3.05) is 0 Å². The molecule has 0 aliphatic rings. The Balaban J connectivity index is 2.93. The molecule has 0 spiro atoms. The van der Waals surface area contributed by atoms with Crippen LogP contribution in [0.25, 0.3) is 0 Å². The van der Waals surface area contributed by atoms with Crippen LogP contribution >= 0.6 is 11.8 Å². The fourth-order valence-corrected chi connectivity index (χ4v) is 1.98. The minimum absolute atomic E-state index is 0.0495. The second kappa shape index (κ2) is 5.13. The SMILES string of the molecule is CCC(C#N)Sc1nc(C)c(C)c(C)n1. The summed E-state index contributed by atoms with van der Waals surface area (Å²) in [5, 5.41) is 9.52. The first-order chi connectivity index (χ1) is 7.08. The highest BCUT2D eigenvalue weighted by Crippen LogP contribution is 2.23. The molecule has 80 valence electrons. The molecule has 0 aliphatic heterocycles. The van der Waals surface area contributed by atoms with Gasteiger partial charge in [0.2, 0.25) is 0 Å². The average molecular weight is 221 g/mol. The second-order valence-corrected chi connectivity index (χ2v) is 4.62. The molecule has 15 heavy (non-hydrogen) atoms. The molecule has 0 saturated carbocycles. The van der Waals surface area contributed by atoms with E-state index in [0.717, 1.165) is 23.4 Å². The minimum Gasteiger partial charge on any atom is -0.228 e. The van der Waals surface area contributed by atoms with E-state index in [4.69, 9.17) is 5.26 Å². The van der Waals surface area contributed by atoms with Gasteiger partial charge in [-0.25, -0.2) is 9.97 Å². The van der Waals surface area contributed by atoms with Crippen LogP contribution in [0, 0.1) is 32.1 Å². The zero-order chi connectivity index (χ0) is 11.4. The highest BCUT2D eigenvalue weighted by molar-refractivity contribution is 8.00. The molecular weight excluding hydrogens is 206 g/mol. The summed E-state index contributed by atoms with van der Waals surface area (Å²) in [5.74, 6) is 0. The Morgan fingerprint density at radius 3 is 2.20 bits per heavy atom. The Hall–Kier alpha value is -1.08. The van der Waals surface area contributed by atoms with Gasteiger partial charge in [0.1, 0.15) is 0 Å². The third-order valence-corrected chi connectivity index (χ3v) is 3.49. The first-order valence-corrected chi connectivity index (χ1v) is 5.84. The van der Waals surface area contributed by atoms with Gasteiger partial charge in [0.15, 0.2) is 5.16 Å². The molecule has 1 rings (SSSR count). The van der Waals surface area contributed by atoms with Crippen molar-refractivity contribution >= 4 is 11.8 Å². The molecule has 4 heteroatoms. The van der Waals surface area contributed by atoms with E-state index < -0.39 is 0 Å². The number of nitriles is 1. The zero-order valence-electron chi connectivity index (χ0n) is 9.53. The molecule has 0 radical (unpaired) electrons. The summed E-state index contributed by atoms with van der Waals surface area (Å²) < 4.78 is 0. The van der Waals surface area contributed by atoms with Crippen LogP contribution in [-0.4, -0.2) is 15.2 Å². The molecule has 0 aliphatic carbocycles. The van der Waals surface area contributed by atoms with Crippen molar-refractivity contribution in [1.82, 2.24) is 9.97 Å². The zero-order valence-corrected chi connectivity index (χ0v) is 10.4. The fraction of sp³-hybridized carbons (Fsp3) is 0.545. The summed E-state index contributed by atoms with van der Waals surface area (Å²) in [6, 6.07) is 2.24. The molecule has 0 amide bonds. The van der Waals surface area contributed by atoms with Crippen LogP contribution in [0.3, 0.4) is 0 Å². The first kappa shape index (κ1) is 12.0. The maximum absolute atomic E-state index is 8.85. The normalized spacial score (nSPS) is 12.2. The van der Waals surface area contributed by atoms with Crippen LogP contribution in [-0.2, 0) is 0 Å². The first-order valence-electron chi connectivity index (χ1n) is 4.96. The molecule has 0 aromatic carbocycles. The number of thioether (sulfide) groups is 1. The van der Waals surface area contributed by atoms with Crippen molar-refractivity contribution < 1.29 is 0 Å². The van der Waals surface area contributed by atoms with Gasteiger partial charge in [0.05, 0.1) is 11.3 Å². The van der Waals surface area contributed by atoms with E-state index in [1.165, 1.54) is 11.8 Å². The van der Waals surface area contributed by atoms with Gasteiger partial charge in [-0.15, -0.1) is 0 Å². The number of aryl methyl sites for hydroxylation is 2. The summed E-state index contributed by atoms with van der Waals surface area (Å²) in [4.78, 5) is 8.74. The number of aromatic nitrogens is 2. The van der Waals surface area contributed by atoms with E-state index in [0.29, 0.717) is 5.16 Å². The van der Waals surface area contributed by atoms with Gasteiger partial charge < -0.3 is 0 Å². The summed E-state index contributed by atoms with van der Waals surface area (Å²) in [5.41, 5.74) is 3.12. The van der Waals surface area contributed by atoms with Crippen LogP contribution in [0.1, 0.15) is 30.3 Å². The van der Waals surface area contributed by atoms with Crippen LogP contribution in [0.5, 0.6) is 0 Å². The van der Waals surface area contributed by atoms with Gasteiger partial charge in [-0.3, -0.25) is 0 Å². The Morgan fingerprint density at radius 2 is 1.80 bits per heavy atom. The molecule has 0 bridgehead atoms. The Bertz CT molecular complexity index is 372. The Labute approximate surface area is 94.9 Å². The molecule has 1 heterocycles. The van der Waals surface area contributed by atoms with E-state index in [2.05, 4.69) is 16.0 Å². The minimum atomic E-state index is -0.0495. The average Bonchev–Trinajstić information content (AvgIpc) is 2.22. The van der Waals surface area contributed by atoms with Crippen molar-refractivity contribution in [3.8, 4) is 6.07 Å². The number of rotatable bonds is 3. The fourth-order valence-electron chi connectivity index (χ4n) is 1.12. The van der Waals surface area contributed by atoms with E-state index in [-0.39, 0.29) is 5.25 Å². The predicted molar refractivity (Wildman–Crippen MR) is 61.8 cm³/mol. The van der Waals surface area contributed by atoms with Crippen LogP contribution in [0.4, 0.5) is 0 Å². The number of hydrogen-bond acceptors (Lipinski definition) is 4. The summed E-state index contributed by atoms with van der Waals surface area (Å²) >= 11 is 1.44. The third kappa shape index (κ3) is 2.93. The molecular formula is C11H15N3S. The van der Waals surface area contributed by atoms with Crippen molar-refractivity contribution in [3.05, 3.63) is 17.0 Å². The van der Waals surface area contributed by atoms with Crippen LogP contribution in [0.15, 0.2) is 5.16 Å². The lowest BCUT2D eigenvalue weighted by Gasteiger charge is -2.08. The van der Waals surface area contributed by atoms with Crippen LogP contribution < -0.4 is 0 Å². The Morgan fingerprint density at radius 1 is 1.27 bits per heavy atom. The van der Waals surface area contributed by atoms with E-state index >= 15 is 0 Å². The lowest BCUT2D eigenvalue weighted by molar-refractivity contribution is 0.871. The van der Waals surface area contributed by atoms with Crippen molar-refractivity contribution in [2.45, 2.75) is 44.5 Å². The van der Waals surface area contributed by atoms with Crippen molar-refractivity contribution in [3.63, 3.8) is 0 Å². The molecule has 1 aromatic heterocycles. The van der Waals surface area contributed by atoms with Gasteiger partial charge in [0, 0.05) is 11.4 Å².